The van der Waals surface area contributed by atoms with Crippen LogP contribution >= 0.6 is 0 Å². The number of aryl methyl sites for hydroxylation is 1. The highest BCUT2D eigenvalue weighted by molar-refractivity contribution is 6.03. The lowest BCUT2D eigenvalue weighted by Gasteiger charge is -2.42. The number of hydrazine groups is 1. The summed E-state index contributed by atoms with van der Waals surface area (Å²) < 4.78 is 1.68. The number of carbonyl (C=O) groups is 1. The number of likely N-dealkylation sites (tertiary alicyclic amines) is 1. The third-order valence-corrected chi connectivity index (χ3v) is 9.21. The first-order valence-electron chi connectivity index (χ1n) is 15.6. The lowest BCUT2D eigenvalue weighted by molar-refractivity contribution is 0.0618. The minimum absolute atomic E-state index is 0.0160. The molecule has 2 aliphatic heterocycles. The molecule has 3 aliphatic rings. The normalized spacial score (nSPS) is 19.8. The van der Waals surface area contributed by atoms with Crippen LogP contribution in [0.25, 0.3) is 0 Å². The van der Waals surface area contributed by atoms with Crippen molar-refractivity contribution in [3.8, 4) is 6.07 Å². The van der Waals surface area contributed by atoms with Gasteiger partial charge in [-0.1, -0.05) is 31.6 Å². The highest BCUT2D eigenvalue weighted by Crippen LogP contribution is 2.26. The number of amides is 1. The topological polar surface area (TPSA) is 122 Å². The van der Waals surface area contributed by atoms with Crippen molar-refractivity contribution in [1.29, 1.82) is 5.26 Å². The monoisotopic (exact) mass is 586 g/mol. The third kappa shape index (κ3) is 7.82. The number of aliphatic imine (C=N–C) groups is 1. The molecule has 230 valence electrons. The Morgan fingerprint density at radius 1 is 1.09 bits per heavy atom. The highest BCUT2D eigenvalue weighted by atomic mass is 16.2. The molecule has 1 aromatic carbocycles. The lowest BCUT2D eigenvalue weighted by Crippen LogP contribution is -2.52. The molecule has 1 saturated carbocycles. The van der Waals surface area contributed by atoms with E-state index in [-0.39, 0.29) is 11.6 Å². The molecule has 0 unspecified atom stereocenters. The molecule has 11 nitrogen and oxygen atoms in total. The van der Waals surface area contributed by atoms with E-state index in [0.717, 1.165) is 64.4 Å². The van der Waals surface area contributed by atoms with Gasteiger partial charge in [-0.25, -0.2) is 9.98 Å². The maximum absolute atomic E-state index is 13.5. The Hall–Kier alpha value is -3.72. The Balaban J connectivity index is 1.24. The minimum atomic E-state index is -0.249. The molecular weight excluding hydrogens is 540 g/mol. The number of anilines is 1. The molecule has 0 atom stereocenters. The summed E-state index contributed by atoms with van der Waals surface area (Å²) >= 11 is 0. The molecule has 3 heterocycles. The van der Waals surface area contributed by atoms with Gasteiger partial charge in [0, 0.05) is 57.9 Å². The van der Waals surface area contributed by atoms with Gasteiger partial charge in [-0.05, 0) is 69.4 Å². The molecule has 2 aromatic rings. The van der Waals surface area contributed by atoms with Gasteiger partial charge in [0.05, 0.1) is 6.33 Å². The fourth-order valence-corrected chi connectivity index (χ4v) is 6.50. The molecular formula is C32H46N10O. The number of rotatable bonds is 8. The summed E-state index contributed by atoms with van der Waals surface area (Å²) in [4.78, 5) is 30.0. The van der Waals surface area contributed by atoms with Gasteiger partial charge in [-0.3, -0.25) is 25.0 Å². The highest BCUT2D eigenvalue weighted by Gasteiger charge is 2.28. The number of nitrogens with two attached hydrogens (primary N) is 1. The van der Waals surface area contributed by atoms with Crippen LogP contribution in [0.2, 0.25) is 0 Å². The Kier molecular flexibility index (Phi) is 10.1. The number of allylic oxidation sites excluding steroid dienone is 1. The number of nitrogens with zero attached hydrogens (tertiary/aromatic N) is 8. The number of nitrogen functional groups attached to an aromatic ring is 1. The van der Waals surface area contributed by atoms with Crippen LogP contribution in [0.5, 0.6) is 0 Å². The Labute approximate surface area is 255 Å². The van der Waals surface area contributed by atoms with Crippen molar-refractivity contribution in [2.24, 2.45) is 18.0 Å². The van der Waals surface area contributed by atoms with Crippen LogP contribution in [0.3, 0.4) is 0 Å². The van der Waals surface area contributed by atoms with Crippen LogP contribution in [0.4, 0.5) is 5.82 Å². The van der Waals surface area contributed by atoms with E-state index >= 15 is 0 Å². The van der Waals surface area contributed by atoms with E-state index in [1.54, 1.807) is 23.0 Å². The number of carbonyl (C=O) groups excluding carboxylic acids is 1. The second kappa shape index (κ2) is 14.2. The molecule has 1 aromatic heterocycles. The quantitative estimate of drug-likeness (QED) is 0.210. The fraction of sp³-hybridized carbons (Fsp3) is 0.562. The first-order valence-corrected chi connectivity index (χ1v) is 15.6. The average molecular weight is 587 g/mol. The molecule has 0 radical (unpaired) electrons. The van der Waals surface area contributed by atoms with E-state index in [4.69, 9.17) is 5.73 Å². The van der Waals surface area contributed by atoms with Crippen molar-refractivity contribution in [3.63, 3.8) is 0 Å². The molecule has 43 heavy (non-hydrogen) atoms. The maximum atomic E-state index is 13.5. The van der Waals surface area contributed by atoms with Gasteiger partial charge in [-0.2, -0.15) is 5.26 Å². The maximum Gasteiger partial charge on any atom is 0.269 e. The van der Waals surface area contributed by atoms with Crippen LogP contribution in [0.1, 0.15) is 60.1 Å². The van der Waals surface area contributed by atoms with Crippen molar-refractivity contribution >= 4 is 17.6 Å². The Morgan fingerprint density at radius 2 is 1.77 bits per heavy atom. The molecule has 5 rings (SSSR count). The number of benzene rings is 1. The number of nitriles is 1. The largest absolute Gasteiger partial charge is 0.383 e. The van der Waals surface area contributed by atoms with Gasteiger partial charge in [-0.15, -0.1) is 0 Å². The summed E-state index contributed by atoms with van der Waals surface area (Å²) in [5.74, 6) is 0.849. The number of hydrogen-bond donors (Lipinski definition) is 2. The van der Waals surface area contributed by atoms with E-state index < -0.39 is 0 Å². The molecule has 0 spiro atoms. The van der Waals surface area contributed by atoms with Gasteiger partial charge < -0.3 is 15.2 Å². The van der Waals surface area contributed by atoms with Gasteiger partial charge in [0.2, 0.25) is 0 Å². The first kappa shape index (κ1) is 30.7. The molecule has 1 amide bonds. The summed E-state index contributed by atoms with van der Waals surface area (Å²) in [6, 6.07) is 10.6. The Morgan fingerprint density at radius 3 is 2.37 bits per heavy atom. The molecule has 3 N–H and O–H groups in total. The van der Waals surface area contributed by atoms with E-state index in [2.05, 4.69) is 43.7 Å². The number of imidazole rings is 1. The van der Waals surface area contributed by atoms with Crippen molar-refractivity contribution < 1.29 is 4.79 Å². The van der Waals surface area contributed by atoms with Crippen LogP contribution in [-0.4, -0.2) is 99.9 Å². The number of nitrogens with one attached hydrogen (secondary N) is 1. The number of amidine groups is 1. The van der Waals surface area contributed by atoms with E-state index in [0.29, 0.717) is 35.4 Å². The summed E-state index contributed by atoms with van der Waals surface area (Å²) in [7, 11) is 4.01. The zero-order valence-electron chi connectivity index (χ0n) is 25.7. The smallest absolute Gasteiger partial charge is 0.269 e. The Bertz CT molecular complexity index is 1320. The summed E-state index contributed by atoms with van der Waals surface area (Å²) in [5.41, 5.74) is 11.5. The molecule has 1 aliphatic carbocycles. The number of hydrogen-bond acceptors (Lipinski definition) is 8. The molecule has 2 saturated heterocycles. The van der Waals surface area contributed by atoms with Crippen LogP contribution < -0.4 is 11.2 Å². The van der Waals surface area contributed by atoms with Gasteiger partial charge in [0.15, 0.2) is 5.84 Å². The number of aromatic nitrogens is 2. The second-order valence-electron chi connectivity index (χ2n) is 12.3. The van der Waals surface area contributed by atoms with Crippen LogP contribution in [0.15, 0.2) is 47.9 Å². The van der Waals surface area contributed by atoms with E-state index in [1.807, 2.05) is 30.3 Å². The number of piperidine rings is 1. The van der Waals surface area contributed by atoms with E-state index in [1.165, 1.54) is 31.5 Å². The zero-order valence-corrected chi connectivity index (χ0v) is 25.7. The van der Waals surface area contributed by atoms with E-state index in [9.17, 15) is 10.1 Å². The molecule has 3 fully saturated rings. The van der Waals surface area contributed by atoms with Gasteiger partial charge in [0.1, 0.15) is 23.3 Å². The number of piperazine rings is 1. The van der Waals surface area contributed by atoms with Gasteiger partial charge >= 0.3 is 0 Å². The lowest BCUT2D eigenvalue weighted by atomic mass is 10.0. The van der Waals surface area contributed by atoms with Crippen molar-refractivity contribution in [2.45, 2.75) is 51.1 Å². The van der Waals surface area contributed by atoms with Gasteiger partial charge in [0.25, 0.3) is 5.91 Å². The SMILES string of the molecule is C=C(C#N)N=C(c1ncn(C)c1N)N(CC1CCCC1)NC(=O)c1ccc(CN2CCN(C3CCN(C)CC3)CC2)cc1. The second-order valence-corrected chi connectivity index (χ2v) is 12.3. The first-order chi connectivity index (χ1) is 20.8. The summed E-state index contributed by atoms with van der Waals surface area (Å²) in [5, 5.41) is 11.1. The standard InChI is InChI=1S/C32H46N10O/c1-24(20-33)36-31(29-30(34)39(3)23-35-29)42(22-25-6-4-5-7-25)37-32(43)27-10-8-26(9-11-27)21-40-16-18-41(19-17-40)28-12-14-38(2)15-13-28/h8-11,23,25,28H,1,4-7,12-19,21-22,34H2,2-3H3,(H,37,43). The average Bonchev–Trinajstić information content (AvgIpc) is 3.66. The minimum Gasteiger partial charge on any atom is -0.383 e. The van der Waals surface area contributed by atoms with Crippen molar-refractivity contribution in [3.05, 3.63) is 59.7 Å². The van der Waals surface area contributed by atoms with Crippen LogP contribution in [-0.2, 0) is 13.6 Å². The van der Waals surface area contributed by atoms with Crippen LogP contribution in [0, 0.1) is 17.2 Å². The summed E-state index contributed by atoms with van der Waals surface area (Å²) in [6.45, 7) is 11.9. The summed E-state index contributed by atoms with van der Waals surface area (Å²) in [6.07, 6.45) is 8.59. The third-order valence-electron chi connectivity index (χ3n) is 9.21. The van der Waals surface area contributed by atoms with Crippen molar-refractivity contribution in [2.75, 3.05) is 58.6 Å². The zero-order chi connectivity index (χ0) is 30.3. The molecule has 11 heteroatoms. The predicted octanol–water partition coefficient (Wildman–Crippen LogP) is 2.84. The fourth-order valence-electron chi connectivity index (χ4n) is 6.50. The molecule has 0 bridgehead atoms. The van der Waals surface area contributed by atoms with Crippen molar-refractivity contribution in [1.82, 2.24) is 34.7 Å². The predicted molar refractivity (Wildman–Crippen MR) is 169 cm³/mol.